The number of carbonyl (C=O) groups excluding carboxylic acids is 1. The Bertz CT molecular complexity index is 841. The van der Waals surface area contributed by atoms with Crippen molar-refractivity contribution in [2.75, 3.05) is 12.4 Å². The van der Waals surface area contributed by atoms with Crippen molar-refractivity contribution in [3.05, 3.63) is 65.2 Å². The van der Waals surface area contributed by atoms with Crippen molar-refractivity contribution in [3.63, 3.8) is 0 Å². The summed E-state index contributed by atoms with van der Waals surface area (Å²) in [5.41, 5.74) is 1.65. The predicted octanol–water partition coefficient (Wildman–Crippen LogP) is 3.09. The van der Waals surface area contributed by atoms with E-state index in [1.165, 1.54) is 0 Å². The molecule has 1 N–H and O–H groups in total. The lowest BCUT2D eigenvalue weighted by Gasteiger charge is -2.26. The zero-order chi connectivity index (χ0) is 17.8. The molecule has 0 radical (unpaired) electrons. The fourth-order valence-electron chi connectivity index (χ4n) is 2.70. The second-order valence-corrected chi connectivity index (χ2v) is 5.97. The summed E-state index contributed by atoms with van der Waals surface area (Å²) < 4.78 is 10.1. The van der Waals surface area contributed by atoms with Crippen LogP contribution in [0.2, 0.25) is 0 Å². The van der Waals surface area contributed by atoms with Gasteiger partial charge in [0.1, 0.15) is 17.6 Å². The Balaban J connectivity index is 1.82. The normalized spacial score (nSPS) is 12.3. The summed E-state index contributed by atoms with van der Waals surface area (Å²) in [7, 11) is 1.87. The first-order valence-electron chi connectivity index (χ1n) is 7.94. The average Bonchev–Trinajstić information content (AvgIpc) is 3.17. The van der Waals surface area contributed by atoms with Crippen LogP contribution in [0.25, 0.3) is 0 Å². The van der Waals surface area contributed by atoms with Crippen LogP contribution in [0, 0.1) is 13.8 Å². The molecule has 0 saturated carbocycles. The number of benzene rings is 1. The number of hydrogen-bond donors (Lipinski definition) is 1. The number of aryl methyl sites for hydroxylation is 2. The van der Waals surface area contributed by atoms with Crippen molar-refractivity contribution in [1.29, 1.82) is 0 Å². The van der Waals surface area contributed by atoms with Crippen LogP contribution in [0.15, 0.2) is 51.5 Å². The third-order valence-corrected chi connectivity index (χ3v) is 3.77. The van der Waals surface area contributed by atoms with Gasteiger partial charge in [-0.1, -0.05) is 40.6 Å². The van der Waals surface area contributed by atoms with E-state index < -0.39 is 6.04 Å². The largest absolute Gasteiger partial charge is 0.361 e. The number of hydrogen-bond acceptors (Lipinski definition) is 6. The Morgan fingerprint density at radius 1 is 1.12 bits per heavy atom. The molecule has 3 aromatic rings. The van der Waals surface area contributed by atoms with E-state index in [1.807, 2.05) is 55.3 Å². The number of rotatable bonds is 6. The molecular weight excluding hydrogens is 320 g/mol. The Morgan fingerprint density at radius 3 is 2.40 bits per heavy atom. The Hall–Kier alpha value is -2.93. The van der Waals surface area contributed by atoms with Crippen molar-refractivity contribution in [1.82, 2.24) is 15.2 Å². The van der Waals surface area contributed by atoms with Crippen LogP contribution in [0.3, 0.4) is 0 Å². The molecule has 0 aliphatic heterocycles. The summed E-state index contributed by atoms with van der Waals surface area (Å²) in [6.45, 7) is 4.09. The van der Waals surface area contributed by atoms with E-state index in [2.05, 4.69) is 15.6 Å². The molecule has 0 saturated heterocycles. The fourth-order valence-corrected chi connectivity index (χ4v) is 2.70. The molecule has 7 nitrogen and oxygen atoms in total. The van der Waals surface area contributed by atoms with Crippen molar-refractivity contribution in [3.8, 4) is 0 Å². The molecular formula is C18H20N4O3. The van der Waals surface area contributed by atoms with Gasteiger partial charge in [-0.25, -0.2) is 0 Å². The van der Waals surface area contributed by atoms with Gasteiger partial charge < -0.3 is 14.4 Å². The quantitative estimate of drug-likeness (QED) is 0.742. The van der Waals surface area contributed by atoms with E-state index in [0.29, 0.717) is 18.1 Å². The van der Waals surface area contributed by atoms with Crippen molar-refractivity contribution in [2.45, 2.75) is 26.4 Å². The van der Waals surface area contributed by atoms with Crippen LogP contribution in [-0.2, 0) is 11.3 Å². The molecule has 0 aliphatic rings. The second kappa shape index (κ2) is 7.31. The fraction of sp³-hybridized carbons (Fsp3) is 0.278. The number of carbonyl (C=O) groups is 1. The molecule has 0 aliphatic carbocycles. The van der Waals surface area contributed by atoms with E-state index in [4.69, 9.17) is 9.05 Å². The summed E-state index contributed by atoms with van der Waals surface area (Å²) in [5.74, 6) is 1.58. The highest BCUT2D eigenvalue weighted by atomic mass is 16.5. The van der Waals surface area contributed by atoms with Gasteiger partial charge in [0, 0.05) is 18.7 Å². The van der Waals surface area contributed by atoms with Crippen molar-refractivity contribution < 1.29 is 13.8 Å². The maximum atomic E-state index is 12.9. The molecule has 0 fully saturated rings. The molecule has 1 unspecified atom stereocenters. The van der Waals surface area contributed by atoms with Crippen molar-refractivity contribution in [2.24, 2.45) is 0 Å². The Kier molecular flexibility index (Phi) is 4.95. The average molecular weight is 340 g/mol. The first kappa shape index (κ1) is 16.9. The Morgan fingerprint density at radius 2 is 1.80 bits per heavy atom. The molecule has 0 spiro atoms. The van der Waals surface area contributed by atoms with Crippen LogP contribution in [0.5, 0.6) is 0 Å². The Labute approximate surface area is 145 Å². The molecule has 1 atom stereocenters. The predicted molar refractivity (Wildman–Crippen MR) is 91.8 cm³/mol. The number of amides is 1. The molecule has 3 rings (SSSR count). The van der Waals surface area contributed by atoms with Gasteiger partial charge in [-0.15, -0.1) is 0 Å². The summed E-state index contributed by atoms with van der Waals surface area (Å²) >= 11 is 0. The van der Waals surface area contributed by atoms with Crippen LogP contribution >= 0.6 is 0 Å². The smallest absolute Gasteiger partial charge is 0.247 e. The van der Waals surface area contributed by atoms with Crippen LogP contribution in [0.1, 0.15) is 28.8 Å². The van der Waals surface area contributed by atoms with E-state index in [0.717, 1.165) is 17.0 Å². The van der Waals surface area contributed by atoms with Crippen molar-refractivity contribution >= 4 is 11.7 Å². The number of nitrogens with zero attached hydrogens (tertiary/aromatic N) is 3. The highest BCUT2D eigenvalue weighted by Crippen LogP contribution is 2.23. The monoisotopic (exact) mass is 340 g/mol. The number of nitrogens with one attached hydrogen (secondary N) is 1. The molecule has 7 heteroatoms. The third-order valence-electron chi connectivity index (χ3n) is 3.77. The molecule has 25 heavy (non-hydrogen) atoms. The molecule has 2 aromatic heterocycles. The van der Waals surface area contributed by atoms with Gasteiger partial charge in [0.05, 0.1) is 5.69 Å². The molecule has 1 aromatic carbocycles. The molecule has 1 amide bonds. The topological polar surface area (TPSA) is 84.4 Å². The van der Waals surface area contributed by atoms with Gasteiger partial charge in [-0.3, -0.25) is 9.69 Å². The molecule has 2 heterocycles. The van der Waals surface area contributed by atoms with E-state index in [-0.39, 0.29) is 5.91 Å². The maximum absolute atomic E-state index is 12.9. The minimum Gasteiger partial charge on any atom is -0.361 e. The summed E-state index contributed by atoms with van der Waals surface area (Å²) in [6, 6.07) is 12.6. The summed E-state index contributed by atoms with van der Waals surface area (Å²) in [5, 5.41) is 10.6. The summed E-state index contributed by atoms with van der Waals surface area (Å²) in [4.78, 5) is 14.8. The minimum absolute atomic E-state index is 0.192. The highest BCUT2D eigenvalue weighted by molar-refractivity contribution is 5.94. The first-order valence-corrected chi connectivity index (χ1v) is 7.94. The van der Waals surface area contributed by atoms with Gasteiger partial charge >= 0.3 is 0 Å². The summed E-state index contributed by atoms with van der Waals surface area (Å²) in [6.07, 6.45) is 0. The maximum Gasteiger partial charge on any atom is 0.247 e. The number of aromatic nitrogens is 2. The molecule has 130 valence electrons. The van der Waals surface area contributed by atoms with Gasteiger partial charge in [-0.05, 0) is 26.5 Å². The lowest BCUT2D eigenvalue weighted by molar-refractivity contribution is -0.121. The van der Waals surface area contributed by atoms with Gasteiger partial charge in [0.2, 0.25) is 5.91 Å². The van der Waals surface area contributed by atoms with Gasteiger partial charge in [0.15, 0.2) is 5.82 Å². The molecule has 0 bridgehead atoms. The van der Waals surface area contributed by atoms with Crippen LogP contribution < -0.4 is 5.32 Å². The first-order chi connectivity index (χ1) is 12.0. The lowest BCUT2D eigenvalue weighted by atomic mass is 10.0. The van der Waals surface area contributed by atoms with E-state index in [9.17, 15) is 4.79 Å². The zero-order valence-electron chi connectivity index (χ0n) is 14.4. The minimum atomic E-state index is -0.504. The van der Waals surface area contributed by atoms with Crippen LogP contribution in [-0.4, -0.2) is 28.2 Å². The zero-order valence-corrected chi connectivity index (χ0v) is 14.4. The lowest BCUT2D eigenvalue weighted by Crippen LogP contribution is -2.34. The van der Waals surface area contributed by atoms with E-state index in [1.54, 1.807) is 13.0 Å². The standard InChI is InChI=1S/C18H20N4O3/c1-12-9-15(20-24-12)11-22(3)17(14-7-5-4-6-8-14)18(23)19-16-10-13(2)25-21-16/h4-10,17H,11H2,1-3H3,(H,19,21,23). The van der Waals surface area contributed by atoms with Gasteiger partial charge in [-0.2, -0.15) is 0 Å². The second-order valence-electron chi connectivity index (χ2n) is 5.97. The highest BCUT2D eigenvalue weighted by Gasteiger charge is 2.26. The number of likely N-dealkylation sites (N-methyl/N-ethyl adjacent to an activating group) is 1. The van der Waals surface area contributed by atoms with Gasteiger partial charge in [0.25, 0.3) is 0 Å². The SMILES string of the molecule is Cc1cc(CN(C)C(C(=O)Nc2cc(C)on2)c2ccccc2)no1. The van der Waals surface area contributed by atoms with E-state index >= 15 is 0 Å². The third kappa shape index (κ3) is 4.13. The van der Waals surface area contributed by atoms with Crippen LogP contribution in [0.4, 0.5) is 5.82 Å². The number of anilines is 1.